The van der Waals surface area contributed by atoms with Crippen molar-refractivity contribution in [3.8, 4) is 0 Å². The van der Waals surface area contributed by atoms with E-state index in [0.29, 0.717) is 17.9 Å². The summed E-state index contributed by atoms with van der Waals surface area (Å²) in [6, 6.07) is 3.61. The first-order valence-corrected chi connectivity index (χ1v) is 7.45. The number of nitrogens with one attached hydrogen (secondary N) is 1. The number of benzene rings is 1. The van der Waals surface area contributed by atoms with E-state index in [0.717, 1.165) is 5.56 Å². The Balaban J connectivity index is 2.37. The molecule has 0 fully saturated rings. The number of hydrogen-bond acceptors (Lipinski definition) is 3. The lowest BCUT2D eigenvalue weighted by Crippen LogP contribution is -2.39. The van der Waals surface area contributed by atoms with Gasteiger partial charge in [-0.3, -0.25) is 4.79 Å². The van der Waals surface area contributed by atoms with Crippen molar-refractivity contribution in [3.63, 3.8) is 0 Å². The molecule has 110 valence electrons. The van der Waals surface area contributed by atoms with Crippen LogP contribution in [0.3, 0.4) is 0 Å². The number of amides is 1. The number of aliphatic carboxylic acids is 1. The van der Waals surface area contributed by atoms with E-state index in [4.69, 9.17) is 16.7 Å². The fourth-order valence-electron chi connectivity index (χ4n) is 1.52. The fourth-order valence-corrected chi connectivity index (χ4v) is 2.69. The van der Waals surface area contributed by atoms with Crippen molar-refractivity contribution in [3.05, 3.63) is 34.6 Å². The molecule has 0 spiro atoms. The van der Waals surface area contributed by atoms with Gasteiger partial charge in [0.1, 0.15) is 11.9 Å². The van der Waals surface area contributed by atoms with Gasteiger partial charge in [-0.05, 0) is 29.9 Å². The Kier molecular flexibility index (Phi) is 6.81. The van der Waals surface area contributed by atoms with Gasteiger partial charge in [0, 0.05) is 12.7 Å². The summed E-state index contributed by atoms with van der Waals surface area (Å²) < 4.78 is 13.0. The van der Waals surface area contributed by atoms with Gasteiger partial charge in [-0.15, -0.1) is 0 Å². The summed E-state index contributed by atoms with van der Waals surface area (Å²) in [6.45, 7) is 1.28. The summed E-state index contributed by atoms with van der Waals surface area (Å²) in [7, 11) is 0. The maximum absolute atomic E-state index is 13.0. The Hall–Kier alpha value is -1.27. The number of carboxylic acids is 1. The Morgan fingerprint density at radius 2 is 2.20 bits per heavy atom. The molecule has 4 nitrogen and oxygen atoms in total. The molecule has 2 N–H and O–H groups in total. The van der Waals surface area contributed by atoms with Crippen LogP contribution in [-0.2, 0) is 15.3 Å². The first-order valence-electron chi connectivity index (χ1n) is 5.91. The molecular formula is C13H15ClFNO3S. The van der Waals surface area contributed by atoms with E-state index in [2.05, 4.69) is 5.32 Å². The van der Waals surface area contributed by atoms with Crippen LogP contribution in [0.2, 0.25) is 5.02 Å². The van der Waals surface area contributed by atoms with Crippen LogP contribution in [0.1, 0.15) is 18.9 Å². The lowest BCUT2D eigenvalue weighted by Gasteiger charge is -2.12. The van der Waals surface area contributed by atoms with Crippen molar-refractivity contribution in [1.29, 1.82) is 0 Å². The van der Waals surface area contributed by atoms with Crippen molar-refractivity contribution in [2.45, 2.75) is 25.1 Å². The SMILES string of the molecule is CC(=O)NC(CCSCc1ccc(F)c(Cl)c1)C(=O)O. The lowest BCUT2D eigenvalue weighted by atomic mass is 10.2. The normalized spacial score (nSPS) is 11.9. The topological polar surface area (TPSA) is 66.4 Å². The van der Waals surface area contributed by atoms with Gasteiger partial charge in [0.05, 0.1) is 5.02 Å². The quantitative estimate of drug-likeness (QED) is 0.758. The zero-order chi connectivity index (χ0) is 15.1. The van der Waals surface area contributed by atoms with E-state index in [1.54, 1.807) is 12.1 Å². The number of carbonyl (C=O) groups excluding carboxylic acids is 1. The smallest absolute Gasteiger partial charge is 0.326 e. The van der Waals surface area contributed by atoms with Crippen LogP contribution in [0, 0.1) is 5.82 Å². The average molecular weight is 320 g/mol. The Labute approximate surface area is 125 Å². The third kappa shape index (κ3) is 5.79. The van der Waals surface area contributed by atoms with Crippen LogP contribution in [0.4, 0.5) is 4.39 Å². The highest BCUT2D eigenvalue weighted by Gasteiger charge is 2.17. The lowest BCUT2D eigenvalue weighted by molar-refractivity contribution is -0.141. The molecule has 0 radical (unpaired) electrons. The van der Waals surface area contributed by atoms with Gasteiger partial charge in [0.2, 0.25) is 5.91 Å². The maximum Gasteiger partial charge on any atom is 0.326 e. The van der Waals surface area contributed by atoms with Crippen molar-refractivity contribution >= 4 is 35.2 Å². The van der Waals surface area contributed by atoms with E-state index < -0.39 is 17.8 Å². The summed E-state index contributed by atoms with van der Waals surface area (Å²) in [5, 5.41) is 11.4. The second-order valence-corrected chi connectivity index (χ2v) is 5.69. The van der Waals surface area contributed by atoms with Crippen LogP contribution >= 0.6 is 23.4 Å². The van der Waals surface area contributed by atoms with E-state index in [1.165, 1.54) is 24.8 Å². The van der Waals surface area contributed by atoms with Gasteiger partial charge in [-0.2, -0.15) is 11.8 Å². The van der Waals surface area contributed by atoms with E-state index >= 15 is 0 Å². The largest absolute Gasteiger partial charge is 0.480 e. The zero-order valence-corrected chi connectivity index (χ0v) is 12.4. The minimum atomic E-state index is -1.05. The Bertz CT molecular complexity index is 499. The Morgan fingerprint density at radius 3 is 2.75 bits per heavy atom. The highest BCUT2D eigenvalue weighted by molar-refractivity contribution is 7.98. The molecule has 1 rings (SSSR count). The first-order chi connectivity index (χ1) is 9.40. The van der Waals surface area contributed by atoms with Gasteiger partial charge < -0.3 is 10.4 Å². The third-order valence-electron chi connectivity index (χ3n) is 2.48. The molecule has 0 saturated heterocycles. The van der Waals surface area contributed by atoms with Crippen LogP contribution in [0.5, 0.6) is 0 Å². The zero-order valence-electron chi connectivity index (χ0n) is 10.9. The van der Waals surface area contributed by atoms with E-state index in [1.807, 2.05) is 0 Å². The molecule has 0 bridgehead atoms. The first kappa shape index (κ1) is 16.8. The second-order valence-electron chi connectivity index (χ2n) is 4.18. The molecule has 0 aromatic heterocycles. The van der Waals surface area contributed by atoms with Crippen LogP contribution < -0.4 is 5.32 Å². The van der Waals surface area contributed by atoms with Crippen molar-refractivity contribution < 1.29 is 19.1 Å². The molecule has 1 aromatic rings. The van der Waals surface area contributed by atoms with Crippen LogP contribution in [0.15, 0.2) is 18.2 Å². The summed E-state index contributed by atoms with van der Waals surface area (Å²) in [4.78, 5) is 21.7. The van der Waals surface area contributed by atoms with Crippen LogP contribution in [-0.4, -0.2) is 28.8 Å². The number of hydrogen-bond donors (Lipinski definition) is 2. The summed E-state index contributed by atoms with van der Waals surface area (Å²) in [5.41, 5.74) is 0.868. The minimum absolute atomic E-state index is 0.0739. The highest BCUT2D eigenvalue weighted by atomic mass is 35.5. The minimum Gasteiger partial charge on any atom is -0.480 e. The van der Waals surface area contributed by atoms with E-state index in [-0.39, 0.29) is 10.9 Å². The van der Waals surface area contributed by atoms with Gasteiger partial charge in [0.15, 0.2) is 0 Å². The summed E-state index contributed by atoms with van der Waals surface area (Å²) in [6.07, 6.45) is 0.328. The van der Waals surface area contributed by atoms with Gasteiger partial charge >= 0.3 is 5.97 Å². The molecular weight excluding hydrogens is 305 g/mol. The monoisotopic (exact) mass is 319 g/mol. The second kappa shape index (κ2) is 8.11. The average Bonchev–Trinajstić information content (AvgIpc) is 2.36. The fraction of sp³-hybridized carbons (Fsp3) is 0.385. The number of carboxylic acid groups (broad SMARTS) is 1. The van der Waals surface area contributed by atoms with Crippen molar-refractivity contribution in [2.75, 3.05) is 5.75 Å². The molecule has 1 aromatic carbocycles. The molecule has 20 heavy (non-hydrogen) atoms. The molecule has 0 heterocycles. The Morgan fingerprint density at radius 1 is 1.50 bits per heavy atom. The molecule has 1 unspecified atom stereocenters. The molecule has 0 aliphatic carbocycles. The molecule has 0 saturated carbocycles. The summed E-state index contributed by atoms with van der Waals surface area (Å²) in [5.74, 6) is -0.714. The standard InChI is InChI=1S/C13H15ClFNO3S/c1-8(17)16-12(13(18)19)4-5-20-7-9-2-3-11(15)10(14)6-9/h2-3,6,12H,4-5,7H2,1H3,(H,16,17)(H,18,19). The molecule has 1 amide bonds. The molecule has 0 aliphatic heterocycles. The number of thioether (sulfide) groups is 1. The highest BCUT2D eigenvalue weighted by Crippen LogP contribution is 2.20. The molecule has 1 atom stereocenters. The van der Waals surface area contributed by atoms with Gasteiger partial charge in [-0.1, -0.05) is 17.7 Å². The van der Waals surface area contributed by atoms with Crippen LogP contribution in [0.25, 0.3) is 0 Å². The summed E-state index contributed by atoms with van der Waals surface area (Å²) >= 11 is 7.16. The van der Waals surface area contributed by atoms with Gasteiger partial charge in [-0.25, -0.2) is 9.18 Å². The van der Waals surface area contributed by atoms with E-state index in [9.17, 15) is 14.0 Å². The number of halogens is 2. The maximum atomic E-state index is 13.0. The van der Waals surface area contributed by atoms with Crippen molar-refractivity contribution in [2.24, 2.45) is 0 Å². The van der Waals surface area contributed by atoms with Gasteiger partial charge in [0.25, 0.3) is 0 Å². The predicted molar refractivity (Wildman–Crippen MR) is 77.4 cm³/mol. The number of carbonyl (C=O) groups is 2. The van der Waals surface area contributed by atoms with Crippen molar-refractivity contribution in [1.82, 2.24) is 5.32 Å². The third-order valence-corrected chi connectivity index (χ3v) is 3.83. The number of rotatable bonds is 7. The molecule has 7 heteroatoms. The predicted octanol–water partition coefficient (Wildman–Crippen LogP) is 2.69. The molecule has 0 aliphatic rings.